The van der Waals surface area contributed by atoms with Gasteiger partial charge in [0.05, 0.1) is 13.9 Å². The van der Waals surface area contributed by atoms with Crippen LogP contribution in [0.3, 0.4) is 0 Å². The number of amides is 2. The minimum Gasteiger partial charge on any atom is -0.487 e. The molecule has 28 heavy (non-hydrogen) atoms. The van der Waals surface area contributed by atoms with Crippen molar-refractivity contribution in [3.63, 3.8) is 0 Å². The topological polar surface area (TPSA) is 46.6 Å². The standard InChI is InChI=1S/C20H16Br2FNO3S/c1-11(2)24-19(25)17(28-20(24)26)9-13-7-15(21)18(16(22)8-13)27-10-12-4-3-5-14(23)6-12/h3-9,11H,10H2,1-2H3/b17-9-. The Morgan fingerprint density at radius 2 is 1.86 bits per heavy atom. The molecule has 8 heteroatoms. The summed E-state index contributed by atoms with van der Waals surface area (Å²) in [6.45, 7) is 3.82. The number of hydrogen-bond acceptors (Lipinski definition) is 4. The summed E-state index contributed by atoms with van der Waals surface area (Å²) in [5.74, 6) is -0.0368. The SMILES string of the molecule is CC(C)N1C(=O)S/C(=C\c2cc(Br)c(OCc3cccc(F)c3)c(Br)c2)C1=O. The van der Waals surface area contributed by atoms with Gasteiger partial charge >= 0.3 is 0 Å². The fourth-order valence-electron chi connectivity index (χ4n) is 2.66. The summed E-state index contributed by atoms with van der Waals surface area (Å²) >= 11 is 7.87. The Bertz CT molecular complexity index is 955. The molecule has 0 radical (unpaired) electrons. The molecular formula is C20H16Br2FNO3S. The van der Waals surface area contributed by atoms with Crippen molar-refractivity contribution in [2.45, 2.75) is 26.5 Å². The quantitative estimate of drug-likeness (QED) is 0.423. The average molecular weight is 529 g/mol. The molecule has 1 heterocycles. The normalized spacial score (nSPS) is 15.8. The van der Waals surface area contributed by atoms with Crippen molar-refractivity contribution >= 4 is 60.8 Å². The molecule has 0 aromatic heterocycles. The van der Waals surface area contributed by atoms with Gasteiger partial charge in [-0.15, -0.1) is 0 Å². The van der Waals surface area contributed by atoms with Crippen LogP contribution in [0.1, 0.15) is 25.0 Å². The Hall–Kier alpha value is -1.64. The van der Waals surface area contributed by atoms with Crippen LogP contribution in [0.5, 0.6) is 5.75 Å². The number of carbonyl (C=O) groups excluding carboxylic acids is 2. The molecule has 0 bridgehead atoms. The maximum atomic E-state index is 13.3. The smallest absolute Gasteiger partial charge is 0.293 e. The fourth-order valence-corrected chi connectivity index (χ4v) is 5.07. The van der Waals surface area contributed by atoms with Gasteiger partial charge < -0.3 is 4.74 Å². The molecule has 2 amide bonds. The van der Waals surface area contributed by atoms with Crippen molar-refractivity contribution in [2.75, 3.05) is 0 Å². The molecule has 146 valence electrons. The van der Waals surface area contributed by atoms with E-state index in [9.17, 15) is 14.0 Å². The first-order chi connectivity index (χ1) is 13.3. The lowest BCUT2D eigenvalue weighted by Gasteiger charge is -2.16. The van der Waals surface area contributed by atoms with Crippen LogP contribution in [0.25, 0.3) is 6.08 Å². The molecule has 0 N–H and O–H groups in total. The molecule has 0 atom stereocenters. The fraction of sp³-hybridized carbons (Fsp3) is 0.200. The zero-order chi connectivity index (χ0) is 20.4. The summed E-state index contributed by atoms with van der Waals surface area (Å²) in [4.78, 5) is 26.1. The van der Waals surface area contributed by atoms with E-state index in [4.69, 9.17) is 4.74 Å². The highest BCUT2D eigenvalue weighted by molar-refractivity contribution is 9.11. The molecule has 3 rings (SSSR count). The van der Waals surface area contributed by atoms with Crippen LogP contribution in [0.15, 0.2) is 50.2 Å². The van der Waals surface area contributed by atoms with Gasteiger partial charge in [-0.3, -0.25) is 14.5 Å². The molecule has 1 fully saturated rings. The summed E-state index contributed by atoms with van der Waals surface area (Å²) in [5, 5.41) is -0.264. The lowest BCUT2D eigenvalue weighted by Crippen LogP contribution is -2.34. The molecule has 0 unspecified atom stereocenters. The lowest BCUT2D eigenvalue weighted by atomic mass is 10.2. The molecule has 2 aromatic carbocycles. The summed E-state index contributed by atoms with van der Waals surface area (Å²) < 4.78 is 20.4. The summed E-state index contributed by atoms with van der Waals surface area (Å²) in [7, 11) is 0. The van der Waals surface area contributed by atoms with Crippen LogP contribution in [0.2, 0.25) is 0 Å². The van der Waals surface area contributed by atoms with Gasteiger partial charge in [-0.2, -0.15) is 0 Å². The highest BCUT2D eigenvalue weighted by Gasteiger charge is 2.36. The van der Waals surface area contributed by atoms with Crippen molar-refractivity contribution in [2.24, 2.45) is 0 Å². The Labute approximate surface area is 183 Å². The maximum Gasteiger partial charge on any atom is 0.293 e. The van der Waals surface area contributed by atoms with E-state index in [1.807, 2.05) is 0 Å². The Morgan fingerprint density at radius 3 is 2.43 bits per heavy atom. The van der Waals surface area contributed by atoms with Gasteiger partial charge in [-0.25, -0.2) is 4.39 Å². The number of thioether (sulfide) groups is 1. The number of benzene rings is 2. The van der Waals surface area contributed by atoms with Crippen LogP contribution < -0.4 is 4.74 Å². The second-order valence-corrected chi connectivity index (χ2v) is 9.08. The van der Waals surface area contributed by atoms with Crippen LogP contribution in [0, 0.1) is 5.82 Å². The molecule has 4 nitrogen and oxygen atoms in total. The van der Waals surface area contributed by atoms with Crippen molar-refractivity contribution in [1.82, 2.24) is 4.90 Å². The molecule has 1 saturated heterocycles. The van der Waals surface area contributed by atoms with Crippen molar-refractivity contribution in [3.8, 4) is 5.75 Å². The first-order valence-corrected chi connectivity index (χ1v) is 10.8. The number of hydrogen-bond donors (Lipinski definition) is 0. The second kappa shape index (κ2) is 8.80. The minimum absolute atomic E-state index is 0.185. The monoisotopic (exact) mass is 527 g/mol. The molecule has 0 saturated carbocycles. The van der Waals surface area contributed by atoms with Gasteiger partial charge in [0.25, 0.3) is 11.1 Å². The number of nitrogens with zero attached hydrogens (tertiary/aromatic N) is 1. The van der Waals surface area contributed by atoms with Crippen LogP contribution in [0.4, 0.5) is 9.18 Å². The predicted molar refractivity (Wildman–Crippen MR) is 116 cm³/mol. The number of carbonyl (C=O) groups is 2. The Kier molecular flexibility index (Phi) is 6.62. The van der Waals surface area contributed by atoms with Gasteiger partial charge in [0.1, 0.15) is 18.2 Å². The van der Waals surface area contributed by atoms with E-state index in [1.165, 1.54) is 17.0 Å². The van der Waals surface area contributed by atoms with Gasteiger partial charge in [-0.1, -0.05) is 12.1 Å². The van der Waals surface area contributed by atoms with E-state index in [-0.39, 0.29) is 29.6 Å². The number of rotatable bonds is 5. The molecule has 0 spiro atoms. The number of ether oxygens (including phenoxy) is 1. The largest absolute Gasteiger partial charge is 0.487 e. The second-order valence-electron chi connectivity index (χ2n) is 6.38. The van der Waals surface area contributed by atoms with Gasteiger partial charge in [0.15, 0.2) is 0 Å². The number of imide groups is 1. The van der Waals surface area contributed by atoms with Crippen molar-refractivity contribution < 1.29 is 18.7 Å². The first kappa shape index (κ1) is 21.1. The van der Waals surface area contributed by atoms with E-state index in [2.05, 4.69) is 31.9 Å². The molecular weight excluding hydrogens is 513 g/mol. The zero-order valence-electron chi connectivity index (χ0n) is 15.0. The van der Waals surface area contributed by atoms with E-state index in [0.29, 0.717) is 25.2 Å². The summed E-state index contributed by atoms with van der Waals surface area (Å²) in [5.41, 5.74) is 1.45. The third-order valence-electron chi connectivity index (χ3n) is 3.93. The highest BCUT2D eigenvalue weighted by Crippen LogP contribution is 2.38. The maximum absolute atomic E-state index is 13.3. The third-order valence-corrected chi connectivity index (χ3v) is 5.99. The van der Waals surface area contributed by atoms with E-state index in [1.54, 1.807) is 44.2 Å². The van der Waals surface area contributed by atoms with E-state index < -0.39 is 0 Å². The Morgan fingerprint density at radius 1 is 1.18 bits per heavy atom. The first-order valence-electron chi connectivity index (χ1n) is 8.39. The minimum atomic E-state index is -0.315. The molecule has 2 aromatic rings. The molecule has 1 aliphatic rings. The van der Waals surface area contributed by atoms with Crippen LogP contribution >= 0.6 is 43.6 Å². The molecule has 0 aliphatic carbocycles. The summed E-state index contributed by atoms with van der Waals surface area (Å²) in [6, 6.07) is 9.63. The third kappa shape index (κ3) is 4.67. The highest BCUT2D eigenvalue weighted by atomic mass is 79.9. The van der Waals surface area contributed by atoms with Gasteiger partial charge in [0, 0.05) is 6.04 Å². The molecule has 1 aliphatic heterocycles. The zero-order valence-corrected chi connectivity index (χ0v) is 19.0. The van der Waals surface area contributed by atoms with Crippen molar-refractivity contribution in [1.29, 1.82) is 0 Å². The lowest BCUT2D eigenvalue weighted by molar-refractivity contribution is -0.123. The van der Waals surface area contributed by atoms with E-state index in [0.717, 1.165) is 17.3 Å². The van der Waals surface area contributed by atoms with Gasteiger partial charge in [-0.05, 0) is 98.9 Å². The predicted octanol–water partition coefficient (Wildman–Crippen LogP) is 6.37. The van der Waals surface area contributed by atoms with Gasteiger partial charge in [0.2, 0.25) is 0 Å². The summed E-state index contributed by atoms with van der Waals surface area (Å²) in [6.07, 6.45) is 1.68. The number of halogens is 3. The average Bonchev–Trinajstić information content (AvgIpc) is 2.87. The van der Waals surface area contributed by atoms with Crippen molar-refractivity contribution in [3.05, 3.63) is 67.2 Å². The van der Waals surface area contributed by atoms with Crippen LogP contribution in [-0.2, 0) is 11.4 Å². The Balaban J connectivity index is 1.80. The van der Waals surface area contributed by atoms with Crippen LogP contribution in [-0.4, -0.2) is 22.1 Å². The van der Waals surface area contributed by atoms with E-state index >= 15 is 0 Å².